The number of rotatable bonds is 7. The van der Waals surface area contributed by atoms with Gasteiger partial charge >= 0.3 is 0 Å². The number of amides is 1. The Morgan fingerprint density at radius 1 is 1.03 bits per heavy atom. The standard InChI is InChI=1S/C22H24N4O4S/c27-22(24-15-19-3-1-2-4-20(19)16-25-10-9-23-17-25)18-5-7-21(8-6-18)31(28,29)26-11-13-30-14-12-26/h1-10,17H,11-16H2,(H,24,27). The number of imidazole rings is 1. The third kappa shape index (κ3) is 5.01. The maximum absolute atomic E-state index is 12.7. The lowest BCUT2D eigenvalue weighted by molar-refractivity contribution is 0.0730. The van der Waals surface area contributed by atoms with Crippen LogP contribution in [0.4, 0.5) is 0 Å². The summed E-state index contributed by atoms with van der Waals surface area (Å²) in [6.45, 7) is 2.49. The van der Waals surface area contributed by atoms with Crippen LogP contribution in [0.5, 0.6) is 0 Å². The second-order valence-corrected chi connectivity index (χ2v) is 9.17. The Hall–Kier alpha value is -3.01. The molecule has 1 amide bonds. The zero-order valence-corrected chi connectivity index (χ0v) is 17.8. The maximum Gasteiger partial charge on any atom is 0.251 e. The van der Waals surface area contributed by atoms with Crippen molar-refractivity contribution >= 4 is 15.9 Å². The molecule has 162 valence electrons. The highest BCUT2D eigenvalue weighted by atomic mass is 32.2. The molecule has 4 rings (SSSR count). The average Bonchev–Trinajstić information content (AvgIpc) is 3.32. The molecule has 2 aromatic carbocycles. The molecule has 2 heterocycles. The van der Waals surface area contributed by atoms with Gasteiger partial charge in [0.2, 0.25) is 10.0 Å². The van der Waals surface area contributed by atoms with Gasteiger partial charge in [-0.3, -0.25) is 4.79 Å². The van der Waals surface area contributed by atoms with E-state index in [1.807, 2.05) is 35.0 Å². The third-order valence-electron chi connectivity index (χ3n) is 5.19. The van der Waals surface area contributed by atoms with E-state index in [2.05, 4.69) is 10.3 Å². The Bertz CT molecular complexity index is 1120. The summed E-state index contributed by atoms with van der Waals surface area (Å²) in [4.78, 5) is 16.8. The highest BCUT2D eigenvalue weighted by molar-refractivity contribution is 7.89. The normalized spacial score (nSPS) is 15.0. The predicted molar refractivity (Wildman–Crippen MR) is 115 cm³/mol. The number of morpholine rings is 1. The monoisotopic (exact) mass is 440 g/mol. The summed E-state index contributed by atoms with van der Waals surface area (Å²) in [5.74, 6) is -0.257. The van der Waals surface area contributed by atoms with Crippen molar-refractivity contribution in [1.82, 2.24) is 19.2 Å². The van der Waals surface area contributed by atoms with Crippen molar-refractivity contribution in [2.45, 2.75) is 18.0 Å². The SMILES string of the molecule is O=C(NCc1ccccc1Cn1ccnc1)c1ccc(S(=O)(=O)N2CCOCC2)cc1. The molecule has 0 spiro atoms. The van der Waals surface area contributed by atoms with E-state index in [9.17, 15) is 13.2 Å². The lowest BCUT2D eigenvalue weighted by Gasteiger charge is -2.26. The average molecular weight is 441 g/mol. The molecule has 1 aliphatic rings. The minimum absolute atomic E-state index is 0.177. The Balaban J connectivity index is 1.41. The van der Waals surface area contributed by atoms with Gasteiger partial charge in [-0.05, 0) is 35.4 Å². The van der Waals surface area contributed by atoms with Gasteiger partial charge in [-0.15, -0.1) is 0 Å². The molecule has 1 aromatic heterocycles. The highest BCUT2D eigenvalue weighted by Gasteiger charge is 2.26. The summed E-state index contributed by atoms with van der Waals surface area (Å²) in [6, 6.07) is 13.9. The Kier molecular flexibility index (Phi) is 6.45. The third-order valence-corrected chi connectivity index (χ3v) is 7.11. The molecule has 0 atom stereocenters. The summed E-state index contributed by atoms with van der Waals surface area (Å²) in [6.07, 6.45) is 5.37. The summed E-state index contributed by atoms with van der Waals surface area (Å²) < 4.78 is 34.0. The van der Waals surface area contributed by atoms with Crippen molar-refractivity contribution < 1.29 is 17.9 Å². The molecule has 0 radical (unpaired) electrons. The summed E-state index contributed by atoms with van der Waals surface area (Å²) >= 11 is 0. The first kappa shape index (κ1) is 21.2. The number of carbonyl (C=O) groups excluding carboxylic acids is 1. The van der Waals surface area contributed by atoms with Crippen molar-refractivity contribution in [3.05, 3.63) is 83.9 Å². The van der Waals surface area contributed by atoms with Crippen molar-refractivity contribution in [1.29, 1.82) is 0 Å². The Morgan fingerprint density at radius 3 is 2.42 bits per heavy atom. The lowest BCUT2D eigenvalue weighted by Crippen LogP contribution is -2.40. The van der Waals surface area contributed by atoms with Gasteiger partial charge < -0.3 is 14.6 Å². The molecule has 0 unspecified atom stereocenters. The van der Waals surface area contributed by atoms with Crippen LogP contribution in [0.3, 0.4) is 0 Å². The number of aromatic nitrogens is 2. The van der Waals surface area contributed by atoms with Crippen LogP contribution in [0.1, 0.15) is 21.5 Å². The number of benzene rings is 2. The number of sulfonamides is 1. The molecular formula is C22H24N4O4S. The molecule has 31 heavy (non-hydrogen) atoms. The predicted octanol–water partition coefficient (Wildman–Crippen LogP) is 1.88. The fourth-order valence-electron chi connectivity index (χ4n) is 3.45. The van der Waals surface area contributed by atoms with Gasteiger partial charge in [0, 0.05) is 44.1 Å². The first-order chi connectivity index (χ1) is 15.0. The molecule has 0 aliphatic carbocycles. The van der Waals surface area contributed by atoms with Crippen LogP contribution >= 0.6 is 0 Å². The summed E-state index contributed by atoms with van der Waals surface area (Å²) in [5, 5.41) is 2.92. The molecule has 0 bridgehead atoms. The van der Waals surface area contributed by atoms with Gasteiger partial charge in [0.15, 0.2) is 0 Å². The van der Waals surface area contributed by atoms with Gasteiger partial charge in [-0.25, -0.2) is 13.4 Å². The molecule has 8 nitrogen and oxygen atoms in total. The van der Waals surface area contributed by atoms with Crippen LogP contribution in [0.25, 0.3) is 0 Å². The molecule has 3 aromatic rings. The molecule has 0 saturated carbocycles. The second-order valence-electron chi connectivity index (χ2n) is 7.23. The number of hydrogen-bond donors (Lipinski definition) is 1. The van der Waals surface area contributed by atoms with Gasteiger partial charge in [0.25, 0.3) is 5.91 Å². The molecular weight excluding hydrogens is 416 g/mol. The molecule has 1 N–H and O–H groups in total. The molecule has 9 heteroatoms. The fraction of sp³-hybridized carbons (Fsp3) is 0.273. The Morgan fingerprint density at radius 2 is 1.74 bits per heavy atom. The van der Waals surface area contributed by atoms with Crippen LogP contribution in [-0.2, 0) is 27.8 Å². The van der Waals surface area contributed by atoms with Crippen molar-refractivity contribution in [2.75, 3.05) is 26.3 Å². The van der Waals surface area contributed by atoms with E-state index in [4.69, 9.17) is 4.74 Å². The zero-order chi connectivity index (χ0) is 21.7. The van der Waals surface area contributed by atoms with E-state index in [0.29, 0.717) is 45.0 Å². The van der Waals surface area contributed by atoms with E-state index in [0.717, 1.165) is 11.1 Å². The van der Waals surface area contributed by atoms with E-state index in [-0.39, 0.29) is 10.8 Å². The van der Waals surface area contributed by atoms with Crippen molar-refractivity contribution in [3.63, 3.8) is 0 Å². The van der Waals surface area contributed by atoms with E-state index >= 15 is 0 Å². The second kappa shape index (κ2) is 9.42. The van der Waals surface area contributed by atoms with Crippen molar-refractivity contribution in [2.24, 2.45) is 0 Å². The topological polar surface area (TPSA) is 93.5 Å². The van der Waals surface area contributed by atoms with E-state index < -0.39 is 10.0 Å². The quantitative estimate of drug-likeness (QED) is 0.606. The summed E-state index contributed by atoms with van der Waals surface area (Å²) in [5.41, 5.74) is 2.51. The maximum atomic E-state index is 12.7. The van der Waals surface area contributed by atoms with E-state index in [1.165, 1.54) is 16.4 Å². The number of carbonyl (C=O) groups is 1. The van der Waals surface area contributed by atoms with Gasteiger partial charge in [0.05, 0.1) is 24.4 Å². The minimum atomic E-state index is -3.58. The lowest BCUT2D eigenvalue weighted by atomic mass is 10.1. The number of nitrogens with zero attached hydrogens (tertiary/aromatic N) is 3. The number of nitrogens with one attached hydrogen (secondary N) is 1. The van der Waals surface area contributed by atoms with Gasteiger partial charge in [-0.1, -0.05) is 24.3 Å². The van der Waals surface area contributed by atoms with Gasteiger partial charge in [0.1, 0.15) is 0 Å². The molecule has 1 aliphatic heterocycles. The fourth-order valence-corrected chi connectivity index (χ4v) is 4.86. The highest BCUT2D eigenvalue weighted by Crippen LogP contribution is 2.18. The minimum Gasteiger partial charge on any atom is -0.379 e. The molecule has 1 saturated heterocycles. The Labute approximate surface area is 181 Å². The van der Waals surface area contributed by atoms with Crippen LogP contribution < -0.4 is 5.32 Å². The summed E-state index contributed by atoms with van der Waals surface area (Å²) in [7, 11) is -3.58. The van der Waals surface area contributed by atoms with Crippen molar-refractivity contribution in [3.8, 4) is 0 Å². The zero-order valence-electron chi connectivity index (χ0n) is 17.0. The van der Waals surface area contributed by atoms with Crippen LogP contribution in [0.2, 0.25) is 0 Å². The van der Waals surface area contributed by atoms with Crippen LogP contribution in [0.15, 0.2) is 72.1 Å². The first-order valence-electron chi connectivity index (χ1n) is 10.0. The van der Waals surface area contributed by atoms with Crippen LogP contribution in [0, 0.1) is 0 Å². The number of ether oxygens (including phenoxy) is 1. The van der Waals surface area contributed by atoms with Crippen LogP contribution in [-0.4, -0.2) is 54.5 Å². The van der Waals surface area contributed by atoms with E-state index in [1.54, 1.807) is 24.7 Å². The molecule has 1 fully saturated rings. The van der Waals surface area contributed by atoms with Gasteiger partial charge in [-0.2, -0.15) is 4.31 Å². The first-order valence-corrected chi connectivity index (χ1v) is 11.5. The largest absolute Gasteiger partial charge is 0.379 e. The number of hydrogen-bond acceptors (Lipinski definition) is 5. The smallest absolute Gasteiger partial charge is 0.251 e.